The molecule has 0 spiro atoms. The Morgan fingerprint density at radius 1 is 1.21 bits per heavy atom. The van der Waals surface area contributed by atoms with Crippen molar-refractivity contribution < 1.29 is 4.74 Å². The lowest BCUT2D eigenvalue weighted by Crippen LogP contribution is -2.28. The van der Waals surface area contributed by atoms with E-state index in [4.69, 9.17) is 4.74 Å². The van der Waals surface area contributed by atoms with Crippen LogP contribution < -0.4 is 5.32 Å². The lowest BCUT2D eigenvalue weighted by atomic mass is 10.0. The quantitative estimate of drug-likeness (QED) is 0.694. The van der Waals surface area contributed by atoms with Crippen LogP contribution in [0.4, 0.5) is 0 Å². The minimum Gasteiger partial charge on any atom is -0.380 e. The van der Waals surface area contributed by atoms with E-state index in [9.17, 15) is 0 Å². The molecule has 1 atom stereocenters. The normalized spacial score (nSPS) is 12.9. The molecule has 19 heavy (non-hydrogen) atoms. The van der Waals surface area contributed by atoms with Crippen LogP contribution in [0, 0.1) is 6.92 Å². The molecule has 1 aromatic carbocycles. The molecule has 1 rings (SSSR count). The number of nitrogens with zero attached hydrogens (tertiary/aromatic N) is 1. The predicted molar refractivity (Wildman–Crippen MR) is 81.6 cm³/mol. The van der Waals surface area contributed by atoms with Gasteiger partial charge in [0.2, 0.25) is 0 Å². The lowest BCUT2D eigenvalue weighted by Gasteiger charge is -2.21. The van der Waals surface area contributed by atoms with E-state index in [1.165, 1.54) is 11.1 Å². The van der Waals surface area contributed by atoms with Crippen molar-refractivity contribution in [2.45, 2.75) is 26.3 Å². The predicted octanol–water partition coefficient (Wildman–Crippen LogP) is 2.61. The van der Waals surface area contributed by atoms with Crippen molar-refractivity contribution in [2.24, 2.45) is 0 Å². The van der Waals surface area contributed by atoms with Gasteiger partial charge in [0.1, 0.15) is 0 Å². The van der Waals surface area contributed by atoms with Crippen molar-refractivity contribution in [3.8, 4) is 0 Å². The van der Waals surface area contributed by atoms with Gasteiger partial charge in [-0.1, -0.05) is 29.8 Å². The van der Waals surface area contributed by atoms with E-state index in [2.05, 4.69) is 48.5 Å². The molecule has 0 bridgehead atoms. The molecule has 0 fully saturated rings. The molecule has 0 saturated carbocycles. The summed E-state index contributed by atoms with van der Waals surface area (Å²) in [5, 5.41) is 3.40. The third-order valence-electron chi connectivity index (χ3n) is 3.45. The summed E-state index contributed by atoms with van der Waals surface area (Å²) in [5.74, 6) is 0. The first-order valence-electron chi connectivity index (χ1n) is 7.17. The fourth-order valence-electron chi connectivity index (χ4n) is 2.10. The van der Waals surface area contributed by atoms with E-state index in [0.29, 0.717) is 6.04 Å². The maximum Gasteiger partial charge on any atom is 0.0593 e. The number of nitrogens with one attached hydrogen (secondary N) is 1. The summed E-state index contributed by atoms with van der Waals surface area (Å²) in [4.78, 5) is 2.33. The van der Waals surface area contributed by atoms with Gasteiger partial charge >= 0.3 is 0 Å². The highest BCUT2D eigenvalue weighted by Crippen LogP contribution is 2.17. The Bertz CT molecular complexity index is 337. The Morgan fingerprint density at radius 3 is 2.47 bits per heavy atom. The zero-order valence-electron chi connectivity index (χ0n) is 12.8. The van der Waals surface area contributed by atoms with Gasteiger partial charge in [-0.25, -0.2) is 0 Å². The number of aryl methyl sites for hydroxylation is 1. The average Bonchev–Trinajstić information content (AvgIpc) is 2.41. The molecule has 1 N–H and O–H groups in total. The second kappa shape index (κ2) is 9.08. The van der Waals surface area contributed by atoms with Crippen LogP contribution in [0.15, 0.2) is 24.3 Å². The van der Waals surface area contributed by atoms with Crippen LogP contribution in [0.5, 0.6) is 0 Å². The Kier molecular flexibility index (Phi) is 7.72. The van der Waals surface area contributed by atoms with Crippen molar-refractivity contribution in [1.29, 1.82) is 0 Å². The van der Waals surface area contributed by atoms with E-state index in [0.717, 1.165) is 32.7 Å². The molecule has 0 aliphatic carbocycles. The average molecular weight is 264 g/mol. The van der Waals surface area contributed by atoms with E-state index < -0.39 is 0 Å². The molecule has 1 unspecified atom stereocenters. The maximum absolute atomic E-state index is 5.38. The van der Waals surface area contributed by atoms with Crippen LogP contribution in [0.25, 0.3) is 0 Å². The van der Waals surface area contributed by atoms with Gasteiger partial charge in [-0.3, -0.25) is 0 Å². The number of rotatable bonds is 9. The second-order valence-electron chi connectivity index (χ2n) is 5.04. The molecule has 0 heterocycles. The van der Waals surface area contributed by atoms with Gasteiger partial charge in [0.15, 0.2) is 0 Å². The third kappa shape index (κ3) is 6.19. The highest BCUT2D eigenvalue weighted by Gasteiger charge is 2.10. The summed E-state index contributed by atoms with van der Waals surface area (Å²) in [6, 6.07) is 9.22. The lowest BCUT2D eigenvalue weighted by molar-refractivity contribution is 0.121. The molecule has 0 radical (unpaired) electrons. The summed E-state index contributed by atoms with van der Waals surface area (Å²) in [7, 11) is 4.19. The Morgan fingerprint density at radius 2 is 1.89 bits per heavy atom. The van der Waals surface area contributed by atoms with Crippen LogP contribution in [-0.4, -0.2) is 45.3 Å². The number of likely N-dealkylation sites (N-methyl/N-ethyl adjacent to an activating group) is 1. The summed E-state index contributed by atoms with van der Waals surface area (Å²) < 4.78 is 5.38. The molecule has 0 saturated heterocycles. The fourth-order valence-corrected chi connectivity index (χ4v) is 2.10. The van der Waals surface area contributed by atoms with Crippen molar-refractivity contribution in [3.63, 3.8) is 0 Å². The molecule has 0 aromatic heterocycles. The van der Waals surface area contributed by atoms with Gasteiger partial charge in [0.05, 0.1) is 6.61 Å². The SMILES string of the molecule is CCOCCN(C)CCC(NC)c1ccc(C)cc1. The third-order valence-corrected chi connectivity index (χ3v) is 3.45. The first kappa shape index (κ1) is 16.2. The van der Waals surface area contributed by atoms with Crippen molar-refractivity contribution in [2.75, 3.05) is 40.4 Å². The Balaban J connectivity index is 2.38. The Hall–Kier alpha value is -0.900. The number of ether oxygens (including phenoxy) is 1. The molecule has 0 aliphatic rings. The van der Waals surface area contributed by atoms with Crippen LogP contribution in [0.2, 0.25) is 0 Å². The molecular weight excluding hydrogens is 236 g/mol. The number of hydrogen-bond donors (Lipinski definition) is 1. The van der Waals surface area contributed by atoms with Gasteiger partial charge in [-0.15, -0.1) is 0 Å². The van der Waals surface area contributed by atoms with Crippen molar-refractivity contribution in [1.82, 2.24) is 10.2 Å². The first-order valence-corrected chi connectivity index (χ1v) is 7.17. The summed E-state index contributed by atoms with van der Waals surface area (Å²) >= 11 is 0. The zero-order chi connectivity index (χ0) is 14.1. The molecule has 0 amide bonds. The highest BCUT2D eigenvalue weighted by molar-refractivity contribution is 5.24. The minimum absolute atomic E-state index is 0.426. The molecular formula is C16H28N2O. The highest BCUT2D eigenvalue weighted by atomic mass is 16.5. The van der Waals surface area contributed by atoms with E-state index >= 15 is 0 Å². The Labute approximate surface area is 118 Å². The molecule has 108 valence electrons. The summed E-state index contributed by atoms with van der Waals surface area (Å²) in [6.07, 6.45) is 1.11. The number of hydrogen-bond acceptors (Lipinski definition) is 3. The van der Waals surface area contributed by atoms with Gasteiger partial charge in [-0.05, 0) is 46.5 Å². The van der Waals surface area contributed by atoms with Crippen LogP contribution >= 0.6 is 0 Å². The van der Waals surface area contributed by atoms with Crippen LogP contribution in [0.3, 0.4) is 0 Å². The largest absolute Gasteiger partial charge is 0.380 e. The fraction of sp³-hybridized carbons (Fsp3) is 0.625. The monoisotopic (exact) mass is 264 g/mol. The van der Waals surface area contributed by atoms with Gasteiger partial charge in [-0.2, -0.15) is 0 Å². The first-order chi connectivity index (χ1) is 9.17. The molecule has 3 heteroatoms. The molecule has 0 aliphatic heterocycles. The molecule has 1 aromatic rings. The number of benzene rings is 1. The zero-order valence-corrected chi connectivity index (χ0v) is 12.8. The smallest absolute Gasteiger partial charge is 0.0593 e. The van der Waals surface area contributed by atoms with E-state index in [1.807, 2.05) is 14.0 Å². The van der Waals surface area contributed by atoms with E-state index in [1.54, 1.807) is 0 Å². The maximum atomic E-state index is 5.38. The van der Waals surface area contributed by atoms with Gasteiger partial charge < -0.3 is 15.0 Å². The van der Waals surface area contributed by atoms with Crippen LogP contribution in [-0.2, 0) is 4.74 Å². The second-order valence-corrected chi connectivity index (χ2v) is 5.04. The van der Waals surface area contributed by atoms with Gasteiger partial charge in [0.25, 0.3) is 0 Å². The standard InChI is InChI=1S/C16H28N2O/c1-5-19-13-12-18(4)11-10-16(17-3)15-8-6-14(2)7-9-15/h6-9,16-17H,5,10-13H2,1-4H3. The van der Waals surface area contributed by atoms with Crippen molar-refractivity contribution >= 4 is 0 Å². The summed E-state index contributed by atoms with van der Waals surface area (Å²) in [5.41, 5.74) is 2.68. The van der Waals surface area contributed by atoms with E-state index in [-0.39, 0.29) is 0 Å². The van der Waals surface area contributed by atoms with Crippen molar-refractivity contribution in [3.05, 3.63) is 35.4 Å². The minimum atomic E-state index is 0.426. The molecule has 3 nitrogen and oxygen atoms in total. The topological polar surface area (TPSA) is 24.5 Å². The van der Waals surface area contributed by atoms with Gasteiger partial charge in [0, 0.05) is 19.2 Å². The summed E-state index contributed by atoms with van der Waals surface area (Å²) in [6.45, 7) is 7.86. The van der Waals surface area contributed by atoms with Crippen LogP contribution in [0.1, 0.15) is 30.5 Å².